The molecule has 0 unspecified atom stereocenters. The van der Waals surface area contributed by atoms with Gasteiger partial charge in [-0.2, -0.15) is 0 Å². The van der Waals surface area contributed by atoms with Crippen molar-refractivity contribution < 1.29 is 4.79 Å². The highest BCUT2D eigenvalue weighted by molar-refractivity contribution is 5.94. The number of hydrogen-bond acceptors (Lipinski definition) is 3. The maximum atomic E-state index is 12.8. The lowest BCUT2D eigenvalue weighted by atomic mass is 9.98. The summed E-state index contributed by atoms with van der Waals surface area (Å²) in [5.74, 6) is -0.529. The molecule has 1 amide bonds. The molecule has 1 heterocycles. The Morgan fingerprint density at radius 2 is 1.38 bits per heavy atom. The Hall–Kier alpha value is -3.41. The van der Waals surface area contributed by atoms with Crippen LogP contribution in [0, 0.1) is 0 Å². The highest BCUT2D eigenvalue weighted by Crippen LogP contribution is 2.21. The monoisotopic (exact) mass is 349 g/mol. The van der Waals surface area contributed by atoms with Gasteiger partial charge in [0.15, 0.2) is 0 Å². The summed E-state index contributed by atoms with van der Waals surface area (Å²) in [5, 5.41) is 2.91. The van der Waals surface area contributed by atoms with Crippen LogP contribution in [0.25, 0.3) is 0 Å². The molecule has 3 rings (SSSR count). The van der Waals surface area contributed by atoms with Crippen LogP contribution < -0.4 is 16.6 Å². The first-order valence-corrected chi connectivity index (χ1v) is 8.16. The van der Waals surface area contributed by atoms with Crippen molar-refractivity contribution in [1.29, 1.82) is 0 Å². The van der Waals surface area contributed by atoms with Crippen LogP contribution in [-0.2, 0) is 14.1 Å². The Morgan fingerprint density at radius 1 is 0.885 bits per heavy atom. The van der Waals surface area contributed by atoms with Crippen LogP contribution >= 0.6 is 0 Å². The van der Waals surface area contributed by atoms with E-state index in [-0.39, 0.29) is 5.56 Å². The third-order valence-electron chi connectivity index (χ3n) is 4.23. The zero-order valence-electron chi connectivity index (χ0n) is 14.5. The van der Waals surface area contributed by atoms with Gasteiger partial charge >= 0.3 is 5.69 Å². The van der Waals surface area contributed by atoms with Gasteiger partial charge in [-0.3, -0.25) is 14.2 Å². The quantitative estimate of drug-likeness (QED) is 0.778. The largest absolute Gasteiger partial charge is 0.341 e. The fourth-order valence-corrected chi connectivity index (χ4v) is 2.82. The third kappa shape index (κ3) is 3.35. The molecule has 1 aromatic heterocycles. The van der Waals surface area contributed by atoms with Crippen molar-refractivity contribution in [2.45, 2.75) is 6.04 Å². The molecule has 6 nitrogen and oxygen atoms in total. The summed E-state index contributed by atoms with van der Waals surface area (Å²) < 4.78 is 2.14. The molecule has 0 atom stereocenters. The van der Waals surface area contributed by atoms with Gasteiger partial charge in [0, 0.05) is 20.3 Å². The maximum Gasteiger partial charge on any atom is 0.330 e. The van der Waals surface area contributed by atoms with E-state index in [0.29, 0.717) is 0 Å². The molecule has 0 saturated heterocycles. The van der Waals surface area contributed by atoms with E-state index < -0.39 is 23.2 Å². The van der Waals surface area contributed by atoms with Gasteiger partial charge in [0.05, 0.1) is 6.04 Å². The van der Waals surface area contributed by atoms with Crippen LogP contribution in [0.3, 0.4) is 0 Å². The van der Waals surface area contributed by atoms with Gasteiger partial charge in [0.1, 0.15) is 5.56 Å². The van der Waals surface area contributed by atoms with Gasteiger partial charge in [-0.25, -0.2) is 4.79 Å². The number of benzene rings is 2. The highest BCUT2D eigenvalue weighted by Gasteiger charge is 2.21. The number of aryl methyl sites for hydroxylation is 1. The average Bonchev–Trinajstić information content (AvgIpc) is 2.68. The van der Waals surface area contributed by atoms with E-state index in [1.807, 2.05) is 60.7 Å². The average molecular weight is 349 g/mol. The van der Waals surface area contributed by atoms with E-state index >= 15 is 0 Å². The minimum absolute atomic E-state index is 0.0773. The Morgan fingerprint density at radius 3 is 1.88 bits per heavy atom. The van der Waals surface area contributed by atoms with E-state index in [4.69, 9.17) is 0 Å². The number of nitrogens with one attached hydrogen (secondary N) is 1. The van der Waals surface area contributed by atoms with Gasteiger partial charge < -0.3 is 9.88 Å². The van der Waals surface area contributed by atoms with Crippen LogP contribution in [0.1, 0.15) is 27.5 Å². The summed E-state index contributed by atoms with van der Waals surface area (Å²) in [4.78, 5) is 36.9. The van der Waals surface area contributed by atoms with Crippen molar-refractivity contribution in [3.8, 4) is 0 Å². The van der Waals surface area contributed by atoms with Crippen molar-refractivity contribution >= 4 is 5.91 Å². The lowest BCUT2D eigenvalue weighted by Gasteiger charge is -2.20. The molecule has 1 N–H and O–H groups in total. The van der Waals surface area contributed by atoms with Crippen molar-refractivity contribution in [2.24, 2.45) is 14.1 Å². The van der Waals surface area contributed by atoms with Crippen LogP contribution in [0.2, 0.25) is 0 Å². The molecule has 0 aliphatic heterocycles. The van der Waals surface area contributed by atoms with Crippen LogP contribution in [0.4, 0.5) is 0 Å². The molecule has 132 valence electrons. The standard InChI is InChI=1S/C20H19N3O3/c1-22-13-16(19(25)23(2)20(22)26)18(24)21-17(14-9-5-3-6-10-14)15-11-7-4-8-12-15/h3-13,17H,1-2H3,(H,21,24). The van der Waals surface area contributed by atoms with Crippen molar-refractivity contribution in [3.05, 3.63) is 104 Å². The summed E-state index contributed by atoms with van der Waals surface area (Å²) in [6.45, 7) is 0. The summed E-state index contributed by atoms with van der Waals surface area (Å²) in [7, 11) is 2.86. The fraction of sp³-hybridized carbons (Fsp3) is 0.150. The Labute approximate surface area is 150 Å². The van der Waals surface area contributed by atoms with E-state index in [0.717, 1.165) is 15.7 Å². The normalized spacial score (nSPS) is 10.7. The molecule has 6 heteroatoms. The second kappa shape index (κ2) is 7.23. The molecular formula is C20H19N3O3. The zero-order valence-corrected chi connectivity index (χ0v) is 14.5. The lowest BCUT2D eigenvalue weighted by Crippen LogP contribution is -2.42. The van der Waals surface area contributed by atoms with Gasteiger partial charge in [0.25, 0.3) is 11.5 Å². The lowest BCUT2D eigenvalue weighted by molar-refractivity contribution is 0.0939. The van der Waals surface area contributed by atoms with E-state index in [2.05, 4.69) is 5.32 Å². The zero-order chi connectivity index (χ0) is 18.7. The SMILES string of the molecule is Cn1cc(C(=O)NC(c2ccccc2)c2ccccc2)c(=O)n(C)c1=O. The first kappa shape index (κ1) is 17.4. The van der Waals surface area contributed by atoms with Crippen molar-refractivity contribution in [2.75, 3.05) is 0 Å². The summed E-state index contributed by atoms with van der Waals surface area (Å²) in [5.41, 5.74) is 0.619. The predicted molar refractivity (Wildman–Crippen MR) is 99.1 cm³/mol. The Kier molecular flexibility index (Phi) is 4.84. The first-order valence-electron chi connectivity index (χ1n) is 8.16. The molecule has 0 saturated carbocycles. The number of carbonyl (C=O) groups excluding carboxylic acids is 1. The molecule has 3 aromatic rings. The summed E-state index contributed by atoms with van der Waals surface area (Å²) in [6.07, 6.45) is 1.27. The minimum Gasteiger partial charge on any atom is -0.341 e. The van der Waals surface area contributed by atoms with E-state index in [9.17, 15) is 14.4 Å². The predicted octanol–water partition coefficient (Wildman–Crippen LogP) is 1.60. The maximum absolute atomic E-state index is 12.8. The Bertz CT molecular complexity index is 998. The number of aromatic nitrogens is 2. The van der Waals surface area contributed by atoms with Crippen molar-refractivity contribution in [1.82, 2.24) is 14.5 Å². The second-order valence-corrected chi connectivity index (χ2v) is 6.03. The molecule has 0 aliphatic carbocycles. The number of amides is 1. The van der Waals surface area contributed by atoms with E-state index in [1.165, 1.54) is 24.9 Å². The molecule has 0 aliphatic rings. The summed E-state index contributed by atoms with van der Waals surface area (Å²) in [6, 6.07) is 18.6. The molecule has 0 radical (unpaired) electrons. The highest BCUT2D eigenvalue weighted by atomic mass is 16.2. The molecule has 0 fully saturated rings. The minimum atomic E-state index is -0.620. The smallest absolute Gasteiger partial charge is 0.330 e. The van der Waals surface area contributed by atoms with Gasteiger partial charge in [-0.05, 0) is 11.1 Å². The fourth-order valence-electron chi connectivity index (χ4n) is 2.82. The van der Waals surface area contributed by atoms with Crippen molar-refractivity contribution in [3.63, 3.8) is 0 Å². The molecule has 0 bridgehead atoms. The van der Waals surface area contributed by atoms with Crippen LogP contribution in [0.5, 0.6) is 0 Å². The first-order chi connectivity index (χ1) is 12.5. The molecular weight excluding hydrogens is 330 g/mol. The second-order valence-electron chi connectivity index (χ2n) is 6.03. The summed E-state index contributed by atoms with van der Waals surface area (Å²) >= 11 is 0. The van der Waals surface area contributed by atoms with Gasteiger partial charge in [-0.15, -0.1) is 0 Å². The van der Waals surface area contributed by atoms with Crippen LogP contribution in [0.15, 0.2) is 76.4 Å². The van der Waals surface area contributed by atoms with Crippen LogP contribution in [-0.4, -0.2) is 15.0 Å². The van der Waals surface area contributed by atoms with E-state index in [1.54, 1.807) is 0 Å². The topological polar surface area (TPSA) is 73.1 Å². The number of hydrogen-bond donors (Lipinski definition) is 1. The van der Waals surface area contributed by atoms with Gasteiger partial charge in [0.2, 0.25) is 0 Å². The molecule has 26 heavy (non-hydrogen) atoms. The van der Waals surface area contributed by atoms with Gasteiger partial charge in [-0.1, -0.05) is 60.7 Å². The number of carbonyl (C=O) groups is 1. The number of nitrogens with zero attached hydrogens (tertiary/aromatic N) is 2. The Balaban J connectivity index is 2.02. The number of rotatable bonds is 4. The molecule has 0 spiro atoms. The third-order valence-corrected chi connectivity index (χ3v) is 4.23. The molecule has 2 aromatic carbocycles.